The van der Waals surface area contributed by atoms with Gasteiger partial charge in [-0.1, -0.05) is 70.5 Å². The summed E-state index contributed by atoms with van der Waals surface area (Å²) in [6.45, 7) is 8.53. The van der Waals surface area contributed by atoms with Crippen LogP contribution in [0.5, 0.6) is 17.2 Å². The summed E-state index contributed by atoms with van der Waals surface area (Å²) in [4.78, 5) is 0. The van der Waals surface area contributed by atoms with Gasteiger partial charge in [-0.3, -0.25) is 0 Å². The minimum absolute atomic E-state index is 0.00755. The van der Waals surface area contributed by atoms with Crippen LogP contribution in [0.3, 0.4) is 0 Å². The quantitative estimate of drug-likeness (QED) is 0.393. The average Bonchev–Trinajstić information content (AvgIpc) is 2.68. The highest BCUT2D eigenvalue weighted by molar-refractivity contribution is 5.68. The van der Waals surface area contributed by atoms with Crippen LogP contribution in [-0.4, -0.2) is 6.36 Å². The first-order valence-electron chi connectivity index (χ1n) is 10.3. The Labute approximate surface area is 181 Å². The summed E-state index contributed by atoms with van der Waals surface area (Å²) < 4.78 is 48.1. The Bertz CT molecular complexity index is 1030. The number of alkyl halides is 3. The van der Waals surface area contributed by atoms with Crippen LogP contribution in [0.25, 0.3) is 11.1 Å². The summed E-state index contributed by atoms with van der Waals surface area (Å²) in [6, 6.07) is 19.7. The highest BCUT2D eigenvalue weighted by Crippen LogP contribution is 2.35. The molecule has 3 aromatic rings. The van der Waals surface area contributed by atoms with Gasteiger partial charge in [0.15, 0.2) is 0 Å². The van der Waals surface area contributed by atoms with Gasteiger partial charge in [0.05, 0.1) is 0 Å². The molecule has 0 saturated carbocycles. The van der Waals surface area contributed by atoms with Gasteiger partial charge in [-0.15, -0.1) is 13.2 Å². The summed E-state index contributed by atoms with van der Waals surface area (Å²) in [7, 11) is 0. The van der Waals surface area contributed by atoms with Crippen molar-refractivity contribution in [1.82, 2.24) is 0 Å². The van der Waals surface area contributed by atoms with Crippen LogP contribution < -0.4 is 9.47 Å². The molecular weight excluding hydrogens is 401 g/mol. The van der Waals surface area contributed by atoms with E-state index in [1.54, 1.807) is 12.1 Å². The van der Waals surface area contributed by atoms with E-state index in [1.807, 2.05) is 36.4 Å². The molecule has 164 valence electrons. The molecule has 5 heteroatoms. The summed E-state index contributed by atoms with van der Waals surface area (Å²) in [5.41, 5.74) is 3.59. The Kier molecular flexibility index (Phi) is 6.63. The highest BCUT2D eigenvalue weighted by Gasteiger charge is 2.31. The maximum absolute atomic E-state index is 12.6. The van der Waals surface area contributed by atoms with Crippen LogP contribution in [0.2, 0.25) is 0 Å². The number of hydrogen-bond acceptors (Lipinski definition) is 2. The van der Waals surface area contributed by atoms with Crippen molar-refractivity contribution in [2.24, 2.45) is 0 Å². The summed E-state index contributed by atoms with van der Waals surface area (Å²) in [6.07, 6.45) is -2.94. The van der Waals surface area contributed by atoms with E-state index >= 15 is 0 Å². The molecule has 0 bridgehead atoms. The van der Waals surface area contributed by atoms with Crippen molar-refractivity contribution in [2.45, 2.75) is 52.3 Å². The Morgan fingerprint density at radius 2 is 1.45 bits per heavy atom. The lowest BCUT2D eigenvalue weighted by molar-refractivity contribution is -0.274. The lowest BCUT2D eigenvalue weighted by Crippen LogP contribution is -2.17. The van der Waals surface area contributed by atoms with Gasteiger partial charge in [0.25, 0.3) is 0 Å². The zero-order valence-electron chi connectivity index (χ0n) is 18.2. The van der Waals surface area contributed by atoms with Crippen molar-refractivity contribution in [3.05, 3.63) is 77.9 Å². The van der Waals surface area contributed by atoms with Crippen LogP contribution in [0.4, 0.5) is 13.2 Å². The zero-order valence-corrected chi connectivity index (χ0v) is 18.2. The smallest absolute Gasteiger partial charge is 0.457 e. The van der Waals surface area contributed by atoms with E-state index in [0.717, 1.165) is 35.3 Å². The zero-order chi connectivity index (χ0) is 22.6. The number of halogens is 3. The van der Waals surface area contributed by atoms with E-state index in [-0.39, 0.29) is 11.2 Å². The highest BCUT2D eigenvalue weighted by atomic mass is 19.4. The molecule has 0 aliphatic rings. The topological polar surface area (TPSA) is 18.5 Å². The molecule has 0 amide bonds. The first-order valence-corrected chi connectivity index (χ1v) is 10.3. The molecule has 0 unspecified atom stereocenters. The summed E-state index contributed by atoms with van der Waals surface area (Å²) in [5, 5.41) is 0. The van der Waals surface area contributed by atoms with Crippen LogP contribution >= 0.6 is 0 Å². The van der Waals surface area contributed by atoms with Gasteiger partial charge in [-0.2, -0.15) is 0 Å². The van der Waals surface area contributed by atoms with Crippen molar-refractivity contribution in [3.63, 3.8) is 0 Å². The molecule has 0 atom stereocenters. The Balaban J connectivity index is 1.96. The molecule has 0 aromatic heterocycles. The lowest BCUT2D eigenvalue weighted by Gasteiger charge is -2.20. The van der Waals surface area contributed by atoms with E-state index < -0.39 is 6.36 Å². The molecule has 0 radical (unpaired) electrons. The number of ether oxygens (including phenoxy) is 2. The minimum Gasteiger partial charge on any atom is -0.457 e. The third kappa shape index (κ3) is 6.27. The van der Waals surface area contributed by atoms with Gasteiger partial charge in [-0.25, -0.2) is 0 Å². The van der Waals surface area contributed by atoms with Gasteiger partial charge in [0, 0.05) is 0 Å². The predicted octanol–water partition coefficient (Wildman–Crippen LogP) is 8.29. The first kappa shape index (κ1) is 22.7. The second kappa shape index (κ2) is 9.04. The normalized spacial score (nSPS) is 12.0. The fraction of sp³-hybridized carbons (Fsp3) is 0.308. The molecule has 0 fully saturated rings. The van der Waals surface area contributed by atoms with Crippen molar-refractivity contribution in [1.29, 1.82) is 0 Å². The number of benzene rings is 3. The molecule has 0 saturated heterocycles. The summed E-state index contributed by atoms with van der Waals surface area (Å²) in [5.74, 6) is 1.19. The molecule has 3 rings (SSSR count). The molecule has 0 spiro atoms. The van der Waals surface area contributed by atoms with Gasteiger partial charge in [0.1, 0.15) is 17.2 Å². The molecule has 0 aliphatic carbocycles. The number of aryl methyl sites for hydroxylation is 1. The maximum Gasteiger partial charge on any atom is 0.573 e. The van der Waals surface area contributed by atoms with E-state index in [0.29, 0.717) is 11.3 Å². The van der Waals surface area contributed by atoms with Gasteiger partial charge >= 0.3 is 6.36 Å². The van der Waals surface area contributed by atoms with Crippen LogP contribution in [0.15, 0.2) is 66.7 Å². The number of hydrogen-bond donors (Lipinski definition) is 0. The van der Waals surface area contributed by atoms with E-state index in [1.165, 1.54) is 12.1 Å². The second-order valence-corrected chi connectivity index (χ2v) is 8.53. The molecule has 0 heterocycles. The van der Waals surface area contributed by atoms with E-state index in [9.17, 15) is 13.2 Å². The maximum atomic E-state index is 12.6. The Morgan fingerprint density at radius 1 is 0.774 bits per heavy atom. The van der Waals surface area contributed by atoms with Gasteiger partial charge < -0.3 is 9.47 Å². The van der Waals surface area contributed by atoms with E-state index in [2.05, 4.69) is 38.5 Å². The molecule has 0 aliphatic heterocycles. The average molecular weight is 428 g/mol. The largest absolute Gasteiger partial charge is 0.573 e. The molecular formula is C26H27F3O2. The molecule has 2 nitrogen and oxygen atoms in total. The van der Waals surface area contributed by atoms with Gasteiger partial charge in [0.2, 0.25) is 0 Å². The van der Waals surface area contributed by atoms with Crippen LogP contribution in [0.1, 0.15) is 45.2 Å². The molecule has 0 N–H and O–H groups in total. The van der Waals surface area contributed by atoms with Crippen molar-refractivity contribution < 1.29 is 22.6 Å². The standard InChI is InChI=1S/C26H27F3O2/c1-5-8-18-13-14-20(19-9-6-12-23(15-19)31-26(27,28)29)16-24(18)30-22-11-7-10-21(17-22)25(2,3)4/h6-7,9-17H,5,8H2,1-4H3. The van der Waals surface area contributed by atoms with Crippen LogP contribution in [-0.2, 0) is 11.8 Å². The van der Waals surface area contributed by atoms with Crippen LogP contribution in [0, 0.1) is 0 Å². The van der Waals surface area contributed by atoms with Gasteiger partial charge in [-0.05, 0) is 64.4 Å². The predicted molar refractivity (Wildman–Crippen MR) is 118 cm³/mol. The molecule has 3 aromatic carbocycles. The van der Waals surface area contributed by atoms with Crippen molar-refractivity contribution >= 4 is 0 Å². The third-order valence-corrected chi connectivity index (χ3v) is 4.92. The van der Waals surface area contributed by atoms with Crippen molar-refractivity contribution in [3.8, 4) is 28.4 Å². The first-order chi connectivity index (χ1) is 14.5. The fourth-order valence-corrected chi connectivity index (χ4v) is 3.33. The third-order valence-electron chi connectivity index (χ3n) is 4.92. The molecule has 31 heavy (non-hydrogen) atoms. The number of rotatable bonds is 6. The minimum atomic E-state index is -4.73. The Hall–Kier alpha value is -2.95. The Morgan fingerprint density at radius 3 is 2.13 bits per heavy atom. The SMILES string of the molecule is CCCc1ccc(-c2cccc(OC(F)(F)F)c2)cc1Oc1cccc(C(C)(C)C)c1. The lowest BCUT2D eigenvalue weighted by atomic mass is 9.87. The monoisotopic (exact) mass is 428 g/mol. The van der Waals surface area contributed by atoms with E-state index in [4.69, 9.17) is 4.74 Å². The fourth-order valence-electron chi connectivity index (χ4n) is 3.33. The van der Waals surface area contributed by atoms with Crippen molar-refractivity contribution in [2.75, 3.05) is 0 Å². The second-order valence-electron chi connectivity index (χ2n) is 8.53. The summed E-state index contributed by atoms with van der Waals surface area (Å²) >= 11 is 0.